The first-order valence-electron chi connectivity index (χ1n) is 10.6. The van der Waals surface area contributed by atoms with Gasteiger partial charge < -0.3 is 14.9 Å². The Kier molecular flexibility index (Phi) is 5.50. The number of nitrogens with one attached hydrogen (secondary N) is 1. The smallest absolute Gasteiger partial charge is 0.230 e. The second kappa shape index (κ2) is 7.80. The lowest BCUT2D eigenvalue weighted by molar-refractivity contribution is -0.139. The minimum atomic E-state index is -3.29. The first kappa shape index (κ1) is 20.5. The van der Waals surface area contributed by atoms with E-state index in [9.17, 15) is 18.3 Å². The molecule has 2 heterocycles. The zero-order valence-electron chi connectivity index (χ0n) is 17.0. The number of hydrogen-bond donors (Lipinski definition) is 2. The van der Waals surface area contributed by atoms with Crippen LogP contribution in [-0.4, -0.2) is 62.4 Å². The van der Waals surface area contributed by atoms with Crippen LogP contribution in [0, 0.1) is 5.41 Å². The number of piperidine rings is 1. The first-order chi connectivity index (χ1) is 13.8. The molecule has 0 aromatic heterocycles. The van der Waals surface area contributed by atoms with Crippen molar-refractivity contribution < 1.29 is 18.3 Å². The maximum Gasteiger partial charge on any atom is 0.230 e. The Morgan fingerprint density at radius 1 is 1.07 bits per heavy atom. The summed E-state index contributed by atoms with van der Waals surface area (Å²) in [4.78, 5) is 17.8. The molecule has 2 aliphatic heterocycles. The van der Waals surface area contributed by atoms with Gasteiger partial charge in [-0.05, 0) is 69.2 Å². The fourth-order valence-corrected chi connectivity index (χ4v) is 5.82. The quantitative estimate of drug-likeness (QED) is 0.778. The number of carbonyl (C=O) groups excluding carboxylic acids is 1. The highest BCUT2D eigenvalue weighted by molar-refractivity contribution is 7.92. The molecule has 4 rings (SSSR count). The molecule has 8 heteroatoms. The maximum atomic E-state index is 13.4. The molecule has 0 bridgehead atoms. The summed E-state index contributed by atoms with van der Waals surface area (Å²) in [5.74, 6) is 0.291. The van der Waals surface area contributed by atoms with E-state index in [1.807, 2.05) is 12.1 Å². The zero-order chi connectivity index (χ0) is 20.6. The fourth-order valence-electron chi connectivity index (χ4n) is 5.25. The number of anilines is 2. The average Bonchev–Trinajstić information content (AvgIpc) is 2.98. The van der Waals surface area contributed by atoms with Crippen LogP contribution < -0.4 is 9.62 Å². The van der Waals surface area contributed by atoms with Crippen LogP contribution in [0.2, 0.25) is 0 Å². The Labute approximate surface area is 173 Å². The summed E-state index contributed by atoms with van der Waals surface area (Å²) in [5.41, 5.74) is 1.26. The third-order valence-electron chi connectivity index (χ3n) is 6.77. The molecule has 0 radical (unpaired) electrons. The number of benzene rings is 1. The van der Waals surface area contributed by atoms with Gasteiger partial charge in [0.2, 0.25) is 15.9 Å². The van der Waals surface area contributed by atoms with Crippen molar-refractivity contribution >= 4 is 27.3 Å². The van der Waals surface area contributed by atoms with Gasteiger partial charge in [0.25, 0.3) is 0 Å². The van der Waals surface area contributed by atoms with Gasteiger partial charge in [-0.1, -0.05) is 0 Å². The lowest BCUT2D eigenvalue weighted by Crippen LogP contribution is -2.50. The summed E-state index contributed by atoms with van der Waals surface area (Å²) in [6, 6.07) is 7.67. The van der Waals surface area contributed by atoms with Crippen molar-refractivity contribution in [2.75, 3.05) is 35.5 Å². The minimum absolute atomic E-state index is 0.205. The van der Waals surface area contributed by atoms with Gasteiger partial charge in [0.15, 0.2) is 0 Å². The van der Waals surface area contributed by atoms with Gasteiger partial charge in [-0.15, -0.1) is 0 Å². The summed E-state index contributed by atoms with van der Waals surface area (Å²) in [7, 11) is -3.29. The Bertz CT molecular complexity index is 849. The van der Waals surface area contributed by atoms with Gasteiger partial charge in [-0.25, -0.2) is 8.42 Å². The molecule has 1 saturated carbocycles. The third-order valence-corrected chi connectivity index (χ3v) is 7.37. The highest BCUT2D eigenvalue weighted by atomic mass is 32.2. The maximum absolute atomic E-state index is 13.4. The molecular formula is C21H31N3O4S. The molecular weight excluding hydrogens is 390 g/mol. The Morgan fingerprint density at radius 3 is 2.41 bits per heavy atom. The van der Waals surface area contributed by atoms with E-state index in [1.54, 1.807) is 12.1 Å². The number of sulfonamides is 1. The number of aliphatic hydroxyl groups is 1. The molecule has 160 valence electrons. The van der Waals surface area contributed by atoms with Gasteiger partial charge in [0, 0.05) is 37.1 Å². The van der Waals surface area contributed by atoms with Crippen LogP contribution in [0.3, 0.4) is 0 Å². The number of hydrogen-bond acceptors (Lipinski definition) is 5. The van der Waals surface area contributed by atoms with Crippen LogP contribution in [0.1, 0.15) is 44.9 Å². The molecule has 1 spiro atoms. The highest BCUT2D eigenvalue weighted by Gasteiger charge is 2.50. The van der Waals surface area contributed by atoms with Crippen molar-refractivity contribution in [1.82, 2.24) is 4.90 Å². The standard InChI is InChI=1S/C21H31N3O4S/c1-29(27,28)22-16-3-5-17(6-4-16)23-13-2-11-21(15-23)12-14-24(20(21)26)18-7-9-19(25)10-8-18/h3-6,18-19,22,25H,2,7-15H2,1H3/t18?,19?,21-/m0/s1. The van der Waals surface area contributed by atoms with Crippen molar-refractivity contribution in [2.24, 2.45) is 5.41 Å². The van der Waals surface area contributed by atoms with Gasteiger partial charge in [-0.3, -0.25) is 9.52 Å². The largest absolute Gasteiger partial charge is 0.393 e. The third kappa shape index (κ3) is 4.38. The molecule has 3 aliphatic rings. The first-order valence-corrected chi connectivity index (χ1v) is 12.5. The number of likely N-dealkylation sites (tertiary alicyclic amines) is 1. The zero-order valence-corrected chi connectivity index (χ0v) is 17.8. The van der Waals surface area contributed by atoms with Gasteiger partial charge in [-0.2, -0.15) is 0 Å². The van der Waals surface area contributed by atoms with Gasteiger partial charge in [0.05, 0.1) is 17.8 Å². The molecule has 3 fully saturated rings. The van der Waals surface area contributed by atoms with Crippen LogP contribution in [0.5, 0.6) is 0 Å². The van der Waals surface area contributed by atoms with E-state index in [-0.39, 0.29) is 17.6 Å². The van der Waals surface area contributed by atoms with E-state index in [0.717, 1.165) is 76.5 Å². The van der Waals surface area contributed by atoms with Crippen molar-refractivity contribution in [3.05, 3.63) is 24.3 Å². The summed E-state index contributed by atoms with van der Waals surface area (Å²) in [6.45, 7) is 2.45. The van der Waals surface area contributed by atoms with Crippen LogP contribution in [0.4, 0.5) is 11.4 Å². The summed E-state index contributed by atoms with van der Waals surface area (Å²) in [5, 5.41) is 9.77. The lowest BCUT2D eigenvalue weighted by Gasteiger charge is -2.41. The predicted octanol–water partition coefficient (Wildman–Crippen LogP) is 2.18. The molecule has 2 N–H and O–H groups in total. The fraction of sp³-hybridized carbons (Fsp3) is 0.667. The predicted molar refractivity (Wildman–Crippen MR) is 113 cm³/mol. The number of amides is 1. The van der Waals surface area contributed by atoms with Crippen molar-refractivity contribution in [2.45, 2.75) is 57.1 Å². The van der Waals surface area contributed by atoms with E-state index in [1.165, 1.54) is 0 Å². The number of carbonyl (C=O) groups is 1. The second-order valence-corrected chi connectivity index (χ2v) is 10.7. The summed E-state index contributed by atoms with van der Waals surface area (Å²) >= 11 is 0. The molecule has 2 saturated heterocycles. The molecule has 1 aliphatic carbocycles. The molecule has 1 aromatic rings. The van der Waals surface area contributed by atoms with Crippen molar-refractivity contribution in [3.8, 4) is 0 Å². The summed E-state index contributed by atoms with van der Waals surface area (Å²) < 4.78 is 25.3. The average molecular weight is 422 g/mol. The van der Waals surface area contributed by atoms with Crippen molar-refractivity contribution in [3.63, 3.8) is 0 Å². The molecule has 1 atom stereocenters. The van der Waals surface area contributed by atoms with E-state index in [2.05, 4.69) is 14.5 Å². The molecule has 1 amide bonds. The molecule has 29 heavy (non-hydrogen) atoms. The highest BCUT2D eigenvalue weighted by Crippen LogP contribution is 2.43. The Morgan fingerprint density at radius 2 is 1.76 bits per heavy atom. The normalized spacial score (nSPS) is 30.8. The SMILES string of the molecule is CS(=O)(=O)Nc1ccc(N2CCC[C@]3(CCN(C4CCC(O)CC4)C3=O)C2)cc1. The lowest BCUT2D eigenvalue weighted by atomic mass is 9.78. The van der Waals surface area contributed by atoms with E-state index < -0.39 is 10.0 Å². The molecule has 7 nitrogen and oxygen atoms in total. The summed E-state index contributed by atoms with van der Waals surface area (Å²) in [6.07, 6.45) is 7.14. The van der Waals surface area contributed by atoms with Gasteiger partial charge >= 0.3 is 0 Å². The molecule has 1 aromatic carbocycles. The van der Waals surface area contributed by atoms with E-state index in [0.29, 0.717) is 11.6 Å². The van der Waals surface area contributed by atoms with Crippen LogP contribution in [0.25, 0.3) is 0 Å². The van der Waals surface area contributed by atoms with Crippen LogP contribution in [0.15, 0.2) is 24.3 Å². The van der Waals surface area contributed by atoms with E-state index >= 15 is 0 Å². The van der Waals surface area contributed by atoms with E-state index in [4.69, 9.17) is 0 Å². The van der Waals surface area contributed by atoms with Gasteiger partial charge in [0.1, 0.15) is 0 Å². The number of aliphatic hydroxyl groups excluding tert-OH is 1. The van der Waals surface area contributed by atoms with Crippen molar-refractivity contribution in [1.29, 1.82) is 0 Å². The number of nitrogens with zero attached hydrogens (tertiary/aromatic N) is 2. The molecule has 0 unspecified atom stereocenters. The topological polar surface area (TPSA) is 90.0 Å². The Balaban J connectivity index is 1.45. The second-order valence-electron chi connectivity index (χ2n) is 8.94. The Hall–Kier alpha value is -1.80. The van der Waals surface area contributed by atoms with Crippen LogP contribution >= 0.6 is 0 Å². The minimum Gasteiger partial charge on any atom is -0.393 e. The van der Waals surface area contributed by atoms with Crippen LogP contribution in [-0.2, 0) is 14.8 Å². The monoisotopic (exact) mass is 421 g/mol. The number of rotatable bonds is 4.